The summed E-state index contributed by atoms with van der Waals surface area (Å²) in [6.07, 6.45) is -1.57. The number of primary amides is 1. The maximum Gasteiger partial charge on any atom is 0.328 e. The Bertz CT molecular complexity index is 666. The lowest BCUT2D eigenvalue weighted by molar-refractivity contribution is -0.145. The third-order valence-corrected chi connectivity index (χ3v) is 4.39. The van der Waals surface area contributed by atoms with E-state index in [2.05, 4.69) is 16.0 Å². The smallest absolute Gasteiger partial charge is 0.328 e. The molecule has 9 N–H and O–H groups in total. The number of amides is 4. The summed E-state index contributed by atoms with van der Waals surface area (Å²) in [6.45, 7) is 8.15. The number of carbonyl (C=O) groups is 5. The van der Waals surface area contributed by atoms with Gasteiger partial charge in [-0.25, -0.2) is 4.79 Å². The van der Waals surface area contributed by atoms with Gasteiger partial charge < -0.3 is 37.6 Å². The largest absolute Gasteiger partial charge is 0.480 e. The second kappa shape index (κ2) is 12.8. The highest BCUT2D eigenvalue weighted by molar-refractivity contribution is 5.95. The molecule has 0 rings (SSSR count). The van der Waals surface area contributed by atoms with Crippen molar-refractivity contribution in [2.75, 3.05) is 0 Å². The van der Waals surface area contributed by atoms with Crippen molar-refractivity contribution < 1.29 is 34.2 Å². The fraction of sp³-hybridized carbons (Fsp3) is 0.737. The Morgan fingerprint density at radius 3 is 1.74 bits per heavy atom. The van der Waals surface area contributed by atoms with E-state index in [0.29, 0.717) is 0 Å². The number of hydrogen-bond acceptors (Lipinski definition) is 7. The van der Waals surface area contributed by atoms with Crippen molar-refractivity contribution in [3.05, 3.63) is 0 Å². The minimum atomic E-state index is -1.55. The summed E-state index contributed by atoms with van der Waals surface area (Å²) in [5.74, 6) is -4.84. The molecule has 0 aromatic carbocycles. The van der Waals surface area contributed by atoms with Crippen LogP contribution in [0.3, 0.4) is 0 Å². The molecule has 0 aliphatic rings. The number of aliphatic hydroxyl groups excluding tert-OH is 1. The fourth-order valence-corrected chi connectivity index (χ4v) is 2.71. The third-order valence-electron chi connectivity index (χ3n) is 4.39. The van der Waals surface area contributed by atoms with E-state index >= 15 is 0 Å². The number of carboxylic acids is 1. The van der Waals surface area contributed by atoms with Gasteiger partial charge in [0.1, 0.15) is 12.1 Å². The standard InChI is InChI=1S/C19H35N5O7/c1-8(2)6-12(17(28)24-15(10(5)25)19(30)31)22-18(29)14(9(3)4)23-16(27)11(20)7-13(21)26/h8-12,14-15,25H,6-7,20H2,1-5H3,(H2,21,26)(H,22,29)(H,23,27)(H,24,28)(H,30,31). The first-order valence-corrected chi connectivity index (χ1v) is 10.0. The lowest BCUT2D eigenvalue weighted by Gasteiger charge is -2.28. The molecule has 0 aliphatic heterocycles. The second-order valence-corrected chi connectivity index (χ2v) is 8.26. The monoisotopic (exact) mass is 445 g/mol. The van der Waals surface area contributed by atoms with Crippen LogP contribution in [0.1, 0.15) is 47.5 Å². The van der Waals surface area contributed by atoms with Crippen LogP contribution < -0.4 is 27.4 Å². The molecule has 12 heteroatoms. The van der Waals surface area contributed by atoms with Gasteiger partial charge in [0.25, 0.3) is 0 Å². The predicted octanol–water partition coefficient (Wildman–Crippen LogP) is -2.19. The zero-order valence-corrected chi connectivity index (χ0v) is 18.5. The molecular formula is C19H35N5O7. The first kappa shape index (κ1) is 28.3. The topological polar surface area (TPSA) is 214 Å². The van der Waals surface area contributed by atoms with Crippen molar-refractivity contribution in [2.45, 2.75) is 77.7 Å². The van der Waals surface area contributed by atoms with Crippen LogP contribution in [0.15, 0.2) is 0 Å². The molecule has 5 atom stereocenters. The minimum absolute atomic E-state index is 0.0399. The van der Waals surface area contributed by atoms with Crippen molar-refractivity contribution in [1.82, 2.24) is 16.0 Å². The number of nitrogens with one attached hydrogen (secondary N) is 3. The van der Waals surface area contributed by atoms with Crippen molar-refractivity contribution >= 4 is 29.6 Å². The number of hydrogen-bond donors (Lipinski definition) is 7. The molecule has 0 saturated carbocycles. The van der Waals surface area contributed by atoms with Crippen LogP contribution in [0, 0.1) is 11.8 Å². The van der Waals surface area contributed by atoms with Gasteiger partial charge in [0.05, 0.1) is 18.6 Å². The molecule has 0 heterocycles. The summed E-state index contributed by atoms with van der Waals surface area (Å²) in [5.41, 5.74) is 10.6. The highest BCUT2D eigenvalue weighted by Gasteiger charge is 2.33. The summed E-state index contributed by atoms with van der Waals surface area (Å²) in [6, 6.07) is -4.96. The maximum atomic E-state index is 12.8. The normalized spacial score (nSPS) is 16.0. The predicted molar refractivity (Wildman–Crippen MR) is 111 cm³/mol. The Morgan fingerprint density at radius 1 is 0.839 bits per heavy atom. The molecule has 0 saturated heterocycles. The quantitative estimate of drug-likeness (QED) is 0.165. The van der Waals surface area contributed by atoms with Crippen LogP contribution in [0.2, 0.25) is 0 Å². The van der Waals surface area contributed by atoms with E-state index in [4.69, 9.17) is 16.6 Å². The summed E-state index contributed by atoms with van der Waals surface area (Å²) in [4.78, 5) is 59.8. The van der Waals surface area contributed by atoms with Crippen LogP contribution >= 0.6 is 0 Å². The van der Waals surface area contributed by atoms with E-state index in [9.17, 15) is 29.1 Å². The molecule has 4 amide bonds. The Labute approximate surface area is 181 Å². The van der Waals surface area contributed by atoms with Gasteiger partial charge in [-0.05, 0) is 25.2 Å². The Kier molecular flexibility index (Phi) is 11.7. The number of carbonyl (C=O) groups excluding carboxylic acids is 4. The van der Waals surface area contributed by atoms with Crippen molar-refractivity contribution in [3.8, 4) is 0 Å². The molecule has 12 nitrogen and oxygen atoms in total. The van der Waals surface area contributed by atoms with Crippen molar-refractivity contribution in [3.63, 3.8) is 0 Å². The highest BCUT2D eigenvalue weighted by Crippen LogP contribution is 2.09. The first-order chi connectivity index (χ1) is 14.2. The molecule has 0 bridgehead atoms. The highest BCUT2D eigenvalue weighted by atomic mass is 16.4. The SMILES string of the molecule is CC(C)CC(NC(=O)C(NC(=O)C(N)CC(N)=O)C(C)C)C(=O)NC(C(=O)O)C(C)O. The molecule has 0 spiro atoms. The molecule has 0 radical (unpaired) electrons. The molecule has 31 heavy (non-hydrogen) atoms. The first-order valence-electron chi connectivity index (χ1n) is 10.0. The Hall–Kier alpha value is -2.73. The van der Waals surface area contributed by atoms with Crippen LogP contribution in [0.25, 0.3) is 0 Å². The number of aliphatic hydroxyl groups is 1. The molecule has 5 unspecified atom stereocenters. The van der Waals surface area contributed by atoms with E-state index in [1.165, 1.54) is 6.92 Å². The van der Waals surface area contributed by atoms with Gasteiger partial charge >= 0.3 is 5.97 Å². The molecule has 0 aromatic heterocycles. The number of aliphatic carboxylic acids is 1. The van der Waals surface area contributed by atoms with Gasteiger partial charge in [0, 0.05) is 0 Å². The number of nitrogens with two attached hydrogens (primary N) is 2. The van der Waals surface area contributed by atoms with Crippen LogP contribution in [-0.4, -0.2) is 70.1 Å². The number of rotatable bonds is 13. The van der Waals surface area contributed by atoms with E-state index in [0.717, 1.165) is 0 Å². The van der Waals surface area contributed by atoms with Crippen molar-refractivity contribution in [2.24, 2.45) is 23.3 Å². The fourth-order valence-electron chi connectivity index (χ4n) is 2.71. The van der Waals surface area contributed by atoms with Crippen LogP contribution in [0.4, 0.5) is 0 Å². The summed E-state index contributed by atoms with van der Waals surface area (Å²) < 4.78 is 0. The molecule has 178 valence electrons. The third kappa shape index (κ3) is 10.2. The van der Waals surface area contributed by atoms with Gasteiger partial charge in [-0.3, -0.25) is 19.2 Å². The van der Waals surface area contributed by atoms with Gasteiger partial charge in [-0.1, -0.05) is 27.7 Å². The molecule has 0 aliphatic carbocycles. The summed E-state index contributed by atoms with van der Waals surface area (Å²) in [7, 11) is 0. The zero-order chi connectivity index (χ0) is 24.5. The van der Waals surface area contributed by atoms with Gasteiger partial charge in [0.2, 0.25) is 23.6 Å². The van der Waals surface area contributed by atoms with Gasteiger partial charge in [0.15, 0.2) is 6.04 Å². The summed E-state index contributed by atoms with van der Waals surface area (Å²) in [5, 5.41) is 25.9. The lowest BCUT2D eigenvalue weighted by atomic mass is 9.99. The number of carboxylic acid groups (broad SMARTS) is 1. The summed E-state index contributed by atoms with van der Waals surface area (Å²) >= 11 is 0. The minimum Gasteiger partial charge on any atom is -0.480 e. The van der Waals surface area contributed by atoms with E-state index in [1.807, 2.05) is 0 Å². The van der Waals surface area contributed by atoms with Crippen LogP contribution in [0.5, 0.6) is 0 Å². The van der Waals surface area contributed by atoms with E-state index < -0.39 is 72.2 Å². The molecular weight excluding hydrogens is 410 g/mol. The van der Waals surface area contributed by atoms with E-state index in [-0.39, 0.29) is 12.3 Å². The Balaban J connectivity index is 5.44. The zero-order valence-electron chi connectivity index (χ0n) is 18.5. The Morgan fingerprint density at radius 2 is 1.35 bits per heavy atom. The van der Waals surface area contributed by atoms with E-state index in [1.54, 1.807) is 27.7 Å². The second-order valence-electron chi connectivity index (χ2n) is 8.26. The van der Waals surface area contributed by atoms with Crippen molar-refractivity contribution in [1.29, 1.82) is 0 Å². The average molecular weight is 446 g/mol. The van der Waals surface area contributed by atoms with Gasteiger partial charge in [-0.2, -0.15) is 0 Å². The maximum absolute atomic E-state index is 12.8. The van der Waals surface area contributed by atoms with Gasteiger partial charge in [-0.15, -0.1) is 0 Å². The average Bonchev–Trinajstić information content (AvgIpc) is 2.60. The molecule has 0 aromatic rings. The lowest BCUT2D eigenvalue weighted by Crippen LogP contribution is -2.59. The van der Waals surface area contributed by atoms with Crippen LogP contribution in [-0.2, 0) is 24.0 Å². The molecule has 0 fully saturated rings.